The Kier molecular flexibility index (Phi) is 3.82. The lowest BCUT2D eigenvalue weighted by Crippen LogP contribution is -2.13. The minimum Gasteiger partial charge on any atom is -0.436 e. The van der Waals surface area contributed by atoms with Crippen LogP contribution in [0.4, 0.5) is 4.39 Å². The van der Waals surface area contributed by atoms with Crippen LogP contribution in [0.3, 0.4) is 0 Å². The van der Waals surface area contributed by atoms with Gasteiger partial charge >= 0.3 is 0 Å². The molecular weight excluding hydrogens is 273 g/mol. The second kappa shape index (κ2) is 5.53. The van der Waals surface area contributed by atoms with E-state index in [1.807, 2.05) is 0 Å². The number of nitrogens with zero attached hydrogens (tertiary/aromatic N) is 2. The smallest absolute Gasteiger partial charge is 0.255 e. The Bertz CT molecular complexity index is 634. The zero-order valence-corrected chi connectivity index (χ0v) is 10.3. The summed E-state index contributed by atoms with van der Waals surface area (Å²) in [5.41, 5.74) is 5.77. The molecule has 7 heteroatoms. The quantitative estimate of drug-likeness (QED) is 0.392. The number of aromatic nitrogens is 1. The first kappa shape index (κ1) is 13.1. The molecule has 5 nitrogen and oxygen atoms in total. The van der Waals surface area contributed by atoms with Crippen LogP contribution >= 0.6 is 11.6 Å². The van der Waals surface area contributed by atoms with E-state index in [1.54, 1.807) is 0 Å². The van der Waals surface area contributed by atoms with Crippen molar-refractivity contribution in [3.05, 3.63) is 52.9 Å². The first-order valence-electron chi connectivity index (χ1n) is 5.17. The molecule has 0 aliphatic carbocycles. The minimum atomic E-state index is -0.584. The summed E-state index contributed by atoms with van der Waals surface area (Å²) in [5, 5.41) is 11.6. The van der Waals surface area contributed by atoms with E-state index in [-0.39, 0.29) is 22.5 Å². The Hall–Kier alpha value is -2.34. The van der Waals surface area contributed by atoms with Crippen molar-refractivity contribution >= 4 is 17.4 Å². The molecular formula is C12H9ClFN3O2. The van der Waals surface area contributed by atoms with Crippen molar-refractivity contribution in [2.24, 2.45) is 10.9 Å². The molecule has 0 saturated heterocycles. The van der Waals surface area contributed by atoms with Crippen LogP contribution in [-0.4, -0.2) is 16.0 Å². The zero-order chi connectivity index (χ0) is 13.8. The Morgan fingerprint density at radius 1 is 1.42 bits per heavy atom. The van der Waals surface area contributed by atoms with Crippen LogP contribution in [0.5, 0.6) is 11.6 Å². The van der Waals surface area contributed by atoms with E-state index >= 15 is 0 Å². The van der Waals surface area contributed by atoms with Gasteiger partial charge in [0.25, 0.3) is 5.88 Å². The molecule has 0 saturated carbocycles. The van der Waals surface area contributed by atoms with E-state index in [0.29, 0.717) is 5.56 Å². The lowest BCUT2D eigenvalue weighted by Gasteiger charge is -2.07. The monoisotopic (exact) mass is 281 g/mol. The Morgan fingerprint density at radius 3 is 2.84 bits per heavy atom. The third kappa shape index (κ3) is 2.92. The summed E-state index contributed by atoms with van der Waals surface area (Å²) in [6.45, 7) is 0. The van der Waals surface area contributed by atoms with Crippen LogP contribution in [0.25, 0.3) is 0 Å². The topological polar surface area (TPSA) is 80.7 Å². The summed E-state index contributed by atoms with van der Waals surface area (Å²) in [6, 6.07) is 7.11. The molecule has 0 amide bonds. The molecule has 98 valence electrons. The van der Waals surface area contributed by atoms with Gasteiger partial charge in [0, 0.05) is 17.8 Å². The van der Waals surface area contributed by atoms with Gasteiger partial charge in [-0.2, -0.15) is 0 Å². The largest absolute Gasteiger partial charge is 0.436 e. The number of oxime groups is 1. The molecule has 0 unspecified atom stereocenters. The molecule has 1 aromatic heterocycles. The Balaban J connectivity index is 2.29. The Morgan fingerprint density at radius 2 is 2.21 bits per heavy atom. The van der Waals surface area contributed by atoms with E-state index in [9.17, 15) is 4.39 Å². The second-order valence-electron chi connectivity index (χ2n) is 3.52. The van der Waals surface area contributed by atoms with Gasteiger partial charge in [0.1, 0.15) is 5.75 Å². The molecule has 19 heavy (non-hydrogen) atoms. The van der Waals surface area contributed by atoms with Crippen molar-refractivity contribution in [1.82, 2.24) is 4.98 Å². The number of rotatable bonds is 3. The summed E-state index contributed by atoms with van der Waals surface area (Å²) in [6.07, 6.45) is 1.41. The van der Waals surface area contributed by atoms with E-state index in [4.69, 9.17) is 27.3 Å². The fourth-order valence-electron chi connectivity index (χ4n) is 1.38. The van der Waals surface area contributed by atoms with Crippen LogP contribution in [-0.2, 0) is 0 Å². The lowest BCUT2D eigenvalue weighted by atomic mass is 10.2. The van der Waals surface area contributed by atoms with Crippen molar-refractivity contribution in [1.29, 1.82) is 0 Å². The van der Waals surface area contributed by atoms with Crippen LogP contribution in [0.15, 0.2) is 41.7 Å². The van der Waals surface area contributed by atoms with Gasteiger partial charge in [0.05, 0.1) is 5.02 Å². The van der Waals surface area contributed by atoms with E-state index in [1.165, 1.54) is 36.5 Å². The highest BCUT2D eigenvalue weighted by Crippen LogP contribution is 2.26. The van der Waals surface area contributed by atoms with Crippen LogP contribution in [0, 0.1) is 5.82 Å². The minimum absolute atomic E-state index is 0.124. The summed E-state index contributed by atoms with van der Waals surface area (Å²) in [5.74, 6) is -0.577. The molecule has 0 atom stereocenters. The third-order valence-corrected chi connectivity index (χ3v) is 2.58. The van der Waals surface area contributed by atoms with Gasteiger partial charge in [-0.25, -0.2) is 9.37 Å². The predicted octanol–water partition coefficient (Wildman–Crippen LogP) is 2.76. The SMILES string of the molecule is N/C(=N\O)c1ccc(Oc2ncccc2F)cc1Cl. The summed E-state index contributed by atoms with van der Waals surface area (Å²) >= 11 is 5.94. The second-order valence-corrected chi connectivity index (χ2v) is 3.93. The van der Waals surface area contributed by atoms with Gasteiger partial charge in [-0.05, 0) is 24.3 Å². The molecule has 2 rings (SSSR count). The average Bonchev–Trinajstić information content (AvgIpc) is 2.41. The normalized spacial score (nSPS) is 11.4. The number of hydrogen-bond acceptors (Lipinski definition) is 4. The van der Waals surface area contributed by atoms with Crippen LogP contribution < -0.4 is 10.5 Å². The van der Waals surface area contributed by atoms with Gasteiger partial charge in [-0.1, -0.05) is 16.8 Å². The van der Waals surface area contributed by atoms with Crippen molar-refractivity contribution < 1.29 is 14.3 Å². The molecule has 3 N–H and O–H groups in total. The summed E-state index contributed by atoms with van der Waals surface area (Å²) in [7, 11) is 0. The zero-order valence-electron chi connectivity index (χ0n) is 9.55. The highest BCUT2D eigenvalue weighted by molar-refractivity contribution is 6.34. The van der Waals surface area contributed by atoms with Gasteiger partial charge in [0.15, 0.2) is 11.7 Å². The van der Waals surface area contributed by atoms with Gasteiger partial charge in [-0.15, -0.1) is 0 Å². The fourth-order valence-corrected chi connectivity index (χ4v) is 1.65. The maximum absolute atomic E-state index is 13.3. The third-order valence-electron chi connectivity index (χ3n) is 2.26. The van der Waals surface area contributed by atoms with Crippen molar-refractivity contribution in [3.63, 3.8) is 0 Å². The molecule has 0 aliphatic rings. The van der Waals surface area contributed by atoms with E-state index < -0.39 is 5.82 Å². The van der Waals surface area contributed by atoms with Gasteiger partial charge < -0.3 is 15.7 Å². The number of halogens is 2. The number of nitrogens with two attached hydrogens (primary N) is 1. The highest BCUT2D eigenvalue weighted by atomic mass is 35.5. The highest BCUT2D eigenvalue weighted by Gasteiger charge is 2.09. The maximum atomic E-state index is 13.3. The van der Waals surface area contributed by atoms with Gasteiger partial charge in [-0.3, -0.25) is 0 Å². The fraction of sp³-hybridized carbons (Fsp3) is 0. The molecule has 2 aromatic rings. The molecule has 0 aliphatic heterocycles. The first-order chi connectivity index (χ1) is 9.11. The van der Waals surface area contributed by atoms with Crippen molar-refractivity contribution in [3.8, 4) is 11.6 Å². The average molecular weight is 282 g/mol. The predicted molar refractivity (Wildman–Crippen MR) is 68.2 cm³/mol. The molecule has 0 spiro atoms. The maximum Gasteiger partial charge on any atom is 0.255 e. The van der Waals surface area contributed by atoms with E-state index in [0.717, 1.165) is 0 Å². The summed E-state index contributed by atoms with van der Waals surface area (Å²) in [4.78, 5) is 3.75. The molecule has 0 radical (unpaired) electrons. The Labute approximate surface area is 113 Å². The number of benzene rings is 1. The lowest BCUT2D eigenvalue weighted by molar-refractivity contribution is 0.318. The van der Waals surface area contributed by atoms with Crippen molar-refractivity contribution in [2.75, 3.05) is 0 Å². The molecule has 1 heterocycles. The molecule has 0 fully saturated rings. The van der Waals surface area contributed by atoms with E-state index in [2.05, 4.69) is 10.1 Å². The number of amidine groups is 1. The van der Waals surface area contributed by atoms with Crippen LogP contribution in [0.2, 0.25) is 5.02 Å². The first-order valence-corrected chi connectivity index (χ1v) is 5.55. The number of ether oxygens (including phenoxy) is 1. The molecule has 0 bridgehead atoms. The standard InChI is InChI=1S/C12H9ClFN3O2/c13-9-6-7(3-4-8(9)11(15)17-18)19-12-10(14)2-1-5-16-12/h1-6,18H,(H2,15,17). The van der Waals surface area contributed by atoms with Gasteiger partial charge in [0.2, 0.25) is 0 Å². The number of hydrogen-bond donors (Lipinski definition) is 2. The van der Waals surface area contributed by atoms with Crippen molar-refractivity contribution in [2.45, 2.75) is 0 Å². The number of pyridine rings is 1. The van der Waals surface area contributed by atoms with Crippen LogP contribution in [0.1, 0.15) is 5.56 Å². The molecule has 1 aromatic carbocycles. The summed E-state index contributed by atoms with van der Waals surface area (Å²) < 4.78 is 18.6.